The van der Waals surface area contributed by atoms with E-state index in [1.54, 1.807) is 23.5 Å². The van der Waals surface area contributed by atoms with Gasteiger partial charge in [-0.15, -0.1) is 0 Å². The predicted octanol–water partition coefficient (Wildman–Crippen LogP) is 8.15. The van der Waals surface area contributed by atoms with Crippen molar-refractivity contribution >= 4 is 45.4 Å². The number of carbonyl (C=O) groups is 2. The van der Waals surface area contributed by atoms with Crippen molar-refractivity contribution in [3.63, 3.8) is 0 Å². The summed E-state index contributed by atoms with van der Waals surface area (Å²) in [6.07, 6.45) is 15.7. The van der Waals surface area contributed by atoms with Gasteiger partial charge in [0, 0.05) is 20.9 Å². The lowest BCUT2D eigenvalue weighted by Gasteiger charge is -2.56. The molecule has 8 fully saturated rings. The van der Waals surface area contributed by atoms with Gasteiger partial charge in [0.05, 0.1) is 0 Å². The molecule has 2 amide bonds. The molecule has 0 radical (unpaired) electrons. The Balaban J connectivity index is 0.969. The zero-order valence-corrected chi connectivity index (χ0v) is 21.5. The van der Waals surface area contributed by atoms with Gasteiger partial charge in [-0.25, -0.2) is 0 Å². The smallest absolute Gasteiger partial charge is 0.283 e. The summed E-state index contributed by atoms with van der Waals surface area (Å²) in [6, 6.07) is 7.70. The predicted molar refractivity (Wildman–Crippen MR) is 141 cm³/mol. The van der Waals surface area contributed by atoms with Gasteiger partial charge in [-0.1, -0.05) is 29.6 Å². The van der Waals surface area contributed by atoms with Crippen LogP contribution in [-0.2, 0) is 0 Å². The van der Waals surface area contributed by atoms with Crippen molar-refractivity contribution in [1.82, 2.24) is 0 Å². The Labute approximate surface area is 211 Å². The van der Waals surface area contributed by atoms with Crippen LogP contribution in [0.2, 0.25) is 0 Å². The second kappa shape index (κ2) is 8.19. The van der Waals surface area contributed by atoms with Crippen LogP contribution in [0.5, 0.6) is 0 Å². The Morgan fingerprint density at radius 1 is 0.618 bits per heavy atom. The molecule has 4 nitrogen and oxygen atoms in total. The molecule has 8 aliphatic rings. The van der Waals surface area contributed by atoms with Gasteiger partial charge >= 0.3 is 0 Å². The van der Waals surface area contributed by atoms with Crippen LogP contribution in [0.3, 0.4) is 0 Å². The molecular formula is C28H36N2O2S2. The molecule has 0 saturated heterocycles. The van der Waals surface area contributed by atoms with Crippen LogP contribution < -0.4 is 10.6 Å². The van der Waals surface area contributed by atoms with E-state index in [4.69, 9.17) is 0 Å². The van der Waals surface area contributed by atoms with Crippen LogP contribution in [-0.4, -0.2) is 20.0 Å². The zero-order valence-electron chi connectivity index (χ0n) is 19.9. The fourth-order valence-corrected chi connectivity index (χ4v) is 12.7. The van der Waals surface area contributed by atoms with Crippen LogP contribution in [0.25, 0.3) is 0 Å². The standard InChI is InChI=1S/C28H36N2O2S2/c31-25(33-27-11-17-4-18(12-27)6-19(5-17)13-27)29-23-2-1-3-24(10-23)30-26(32)34-28-14-20-7-21(15-28)9-22(8-20)16-28/h1-3,10,17-22H,4-9,11-16H2,(H,29,31)(H,30,32). The van der Waals surface area contributed by atoms with E-state index >= 15 is 0 Å². The maximum atomic E-state index is 13.0. The number of nitrogens with one attached hydrogen (secondary N) is 2. The number of thioether (sulfide) groups is 2. The van der Waals surface area contributed by atoms with Crippen molar-refractivity contribution < 1.29 is 9.59 Å². The molecule has 8 bridgehead atoms. The Hall–Kier alpha value is -1.14. The molecule has 2 N–H and O–H groups in total. The van der Waals surface area contributed by atoms with Crippen LogP contribution in [0.4, 0.5) is 21.0 Å². The second-order valence-corrected chi connectivity index (χ2v) is 15.7. The summed E-state index contributed by atoms with van der Waals surface area (Å²) in [4.78, 5) is 26.0. The highest BCUT2D eigenvalue weighted by atomic mass is 32.2. The maximum absolute atomic E-state index is 13.0. The summed E-state index contributed by atoms with van der Waals surface area (Å²) in [5.41, 5.74) is 1.56. The molecule has 0 aliphatic heterocycles. The number of anilines is 2. The fraction of sp³-hybridized carbons (Fsp3) is 0.714. The fourth-order valence-electron chi connectivity index (χ4n) is 9.67. The number of rotatable bonds is 4. The molecule has 0 heterocycles. The van der Waals surface area contributed by atoms with E-state index in [0.29, 0.717) is 0 Å². The van der Waals surface area contributed by atoms with Gasteiger partial charge in [-0.2, -0.15) is 0 Å². The van der Waals surface area contributed by atoms with Crippen LogP contribution in [0.15, 0.2) is 24.3 Å². The van der Waals surface area contributed by atoms with Crippen LogP contribution >= 0.6 is 23.5 Å². The molecule has 0 atom stereocenters. The number of hydrogen-bond donors (Lipinski definition) is 2. The van der Waals surface area contributed by atoms with Crippen molar-refractivity contribution in [1.29, 1.82) is 0 Å². The summed E-state index contributed by atoms with van der Waals surface area (Å²) >= 11 is 3.13. The first kappa shape index (κ1) is 22.1. The Kier molecular flexibility index (Phi) is 5.32. The van der Waals surface area contributed by atoms with E-state index in [1.807, 2.05) is 24.3 Å². The molecule has 0 spiro atoms. The van der Waals surface area contributed by atoms with Crippen molar-refractivity contribution in [2.45, 2.75) is 86.5 Å². The highest BCUT2D eigenvalue weighted by Gasteiger charge is 2.53. The van der Waals surface area contributed by atoms with Crippen molar-refractivity contribution in [2.75, 3.05) is 10.6 Å². The van der Waals surface area contributed by atoms with E-state index in [1.165, 1.54) is 77.0 Å². The normalized spacial score (nSPS) is 43.2. The van der Waals surface area contributed by atoms with Gasteiger partial charge < -0.3 is 10.6 Å². The van der Waals surface area contributed by atoms with Gasteiger partial charge in [0.2, 0.25) is 0 Å². The molecule has 34 heavy (non-hydrogen) atoms. The maximum Gasteiger partial charge on any atom is 0.283 e. The Morgan fingerprint density at radius 2 is 0.941 bits per heavy atom. The monoisotopic (exact) mass is 496 g/mol. The molecular weight excluding hydrogens is 460 g/mol. The summed E-state index contributed by atoms with van der Waals surface area (Å²) in [7, 11) is 0. The largest absolute Gasteiger partial charge is 0.317 e. The zero-order chi connectivity index (χ0) is 22.9. The SMILES string of the molecule is O=C(Nc1cccc(NC(=O)SC23CC4CC(CC(C4)C2)C3)c1)SC12CC3CC(CC(C3)C1)C2. The number of carbonyl (C=O) groups excluding carboxylic acids is 2. The minimum absolute atomic E-state index is 0.0633. The third-order valence-corrected chi connectivity index (χ3v) is 12.4. The van der Waals surface area contributed by atoms with Crippen molar-refractivity contribution in [2.24, 2.45) is 35.5 Å². The average molecular weight is 497 g/mol. The molecule has 1 aromatic carbocycles. The molecule has 8 aliphatic carbocycles. The summed E-state index contributed by atoms with van der Waals surface area (Å²) < 4.78 is 0.332. The first-order valence-corrected chi connectivity index (χ1v) is 15.1. The summed E-state index contributed by atoms with van der Waals surface area (Å²) in [5, 5.41) is 6.37. The molecule has 9 rings (SSSR count). The Bertz CT molecular complexity index is 862. The van der Waals surface area contributed by atoms with E-state index in [9.17, 15) is 9.59 Å². The second-order valence-electron chi connectivity index (χ2n) is 12.8. The van der Waals surface area contributed by atoms with E-state index in [0.717, 1.165) is 46.9 Å². The van der Waals surface area contributed by atoms with E-state index in [-0.39, 0.29) is 20.0 Å². The van der Waals surface area contributed by atoms with Gasteiger partial charge in [0.15, 0.2) is 0 Å². The number of amides is 2. The molecule has 8 saturated carbocycles. The van der Waals surface area contributed by atoms with E-state index in [2.05, 4.69) is 10.6 Å². The number of benzene rings is 1. The van der Waals surface area contributed by atoms with Gasteiger partial charge in [0.25, 0.3) is 10.5 Å². The molecule has 0 aromatic heterocycles. The lowest BCUT2D eigenvalue weighted by molar-refractivity contribution is 0.0385. The molecule has 1 aromatic rings. The quantitative estimate of drug-likeness (QED) is 0.441. The van der Waals surface area contributed by atoms with Crippen molar-refractivity contribution in [3.05, 3.63) is 24.3 Å². The highest BCUT2D eigenvalue weighted by Crippen LogP contribution is 2.62. The minimum atomic E-state index is 0.0633. The van der Waals surface area contributed by atoms with Gasteiger partial charge in [-0.3, -0.25) is 9.59 Å². The summed E-state index contributed by atoms with van der Waals surface area (Å²) in [5.74, 6) is 5.06. The topological polar surface area (TPSA) is 58.2 Å². The Morgan fingerprint density at radius 3 is 1.26 bits per heavy atom. The third-order valence-electron chi connectivity index (χ3n) is 9.94. The lowest BCUT2D eigenvalue weighted by atomic mass is 9.56. The number of hydrogen-bond acceptors (Lipinski definition) is 4. The van der Waals surface area contributed by atoms with Gasteiger partial charge in [0.1, 0.15) is 0 Å². The van der Waals surface area contributed by atoms with Crippen molar-refractivity contribution in [3.8, 4) is 0 Å². The highest BCUT2D eigenvalue weighted by molar-refractivity contribution is 8.15. The molecule has 6 heteroatoms. The van der Waals surface area contributed by atoms with E-state index < -0.39 is 0 Å². The first-order valence-electron chi connectivity index (χ1n) is 13.5. The average Bonchev–Trinajstić information content (AvgIpc) is 2.70. The van der Waals surface area contributed by atoms with Crippen LogP contribution in [0, 0.1) is 35.5 Å². The van der Waals surface area contributed by atoms with Gasteiger partial charge in [-0.05, 0) is 131 Å². The lowest BCUT2D eigenvalue weighted by Crippen LogP contribution is -2.49. The molecule has 182 valence electrons. The summed E-state index contributed by atoms with van der Waals surface area (Å²) in [6.45, 7) is 0. The third kappa shape index (κ3) is 4.21. The first-order chi connectivity index (χ1) is 16.4. The van der Waals surface area contributed by atoms with Crippen LogP contribution in [0.1, 0.15) is 77.0 Å². The minimum Gasteiger partial charge on any atom is -0.317 e. The molecule has 0 unspecified atom stereocenters.